The molecule has 32 heavy (non-hydrogen) atoms. The van der Waals surface area contributed by atoms with Crippen molar-refractivity contribution < 1.29 is 9.53 Å². The Morgan fingerprint density at radius 1 is 1.06 bits per heavy atom. The topological polar surface area (TPSA) is 84.7 Å². The number of anilines is 2. The van der Waals surface area contributed by atoms with Crippen molar-refractivity contribution in [3.63, 3.8) is 0 Å². The monoisotopic (exact) mass is 428 g/mol. The molecular formula is C24H24N6O2. The minimum absolute atomic E-state index is 0.00742. The van der Waals surface area contributed by atoms with Gasteiger partial charge in [-0.05, 0) is 42.8 Å². The van der Waals surface area contributed by atoms with E-state index in [0.29, 0.717) is 37.8 Å². The summed E-state index contributed by atoms with van der Waals surface area (Å²) in [6, 6.07) is 13.3. The van der Waals surface area contributed by atoms with E-state index in [9.17, 15) is 4.79 Å². The maximum atomic E-state index is 13.3. The number of hydrogen-bond acceptors (Lipinski definition) is 6. The van der Waals surface area contributed by atoms with Gasteiger partial charge in [-0.3, -0.25) is 9.78 Å². The first-order valence-electron chi connectivity index (χ1n) is 10.7. The van der Waals surface area contributed by atoms with E-state index in [2.05, 4.69) is 30.7 Å². The number of fused-ring (bicyclic) bond motifs is 1. The molecule has 3 aromatic heterocycles. The third-order valence-corrected chi connectivity index (χ3v) is 5.57. The van der Waals surface area contributed by atoms with Gasteiger partial charge in [0.1, 0.15) is 0 Å². The van der Waals surface area contributed by atoms with Gasteiger partial charge in [-0.15, -0.1) is 0 Å². The Bertz CT molecular complexity index is 1210. The van der Waals surface area contributed by atoms with Crippen LogP contribution in [0.3, 0.4) is 0 Å². The minimum atomic E-state index is -0.00742. The number of benzene rings is 1. The van der Waals surface area contributed by atoms with Crippen LogP contribution in [-0.4, -0.2) is 56.5 Å². The Morgan fingerprint density at radius 3 is 2.88 bits per heavy atom. The number of amides is 1. The molecule has 8 nitrogen and oxygen atoms in total. The second-order valence-corrected chi connectivity index (χ2v) is 7.85. The predicted molar refractivity (Wildman–Crippen MR) is 121 cm³/mol. The second-order valence-electron chi connectivity index (χ2n) is 7.85. The van der Waals surface area contributed by atoms with Crippen LogP contribution in [0, 0.1) is 5.92 Å². The summed E-state index contributed by atoms with van der Waals surface area (Å²) < 4.78 is 7.90. The highest BCUT2D eigenvalue weighted by Gasteiger charge is 2.24. The maximum Gasteiger partial charge on any atom is 0.254 e. The molecule has 1 saturated heterocycles. The van der Waals surface area contributed by atoms with Gasteiger partial charge in [0.2, 0.25) is 5.95 Å². The lowest BCUT2D eigenvalue weighted by molar-refractivity contribution is 0.0737. The van der Waals surface area contributed by atoms with E-state index < -0.39 is 0 Å². The number of carbonyl (C=O) groups excluding carboxylic acids is 1. The number of carbonyl (C=O) groups is 1. The van der Waals surface area contributed by atoms with Gasteiger partial charge in [0.25, 0.3) is 5.91 Å². The van der Waals surface area contributed by atoms with Crippen LogP contribution >= 0.6 is 0 Å². The van der Waals surface area contributed by atoms with Gasteiger partial charge < -0.3 is 19.4 Å². The quantitative estimate of drug-likeness (QED) is 0.526. The van der Waals surface area contributed by atoms with Crippen molar-refractivity contribution in [2.24, 2.45) is 5.92 Å². The Balaban J connectivity index is 1.31. The molecule has 8 heteroatoms. The highest BCUT2D eigenvalue weighted by molar-refractivity contribution is 5.95. The third-order valence-electron chi connectivity index (χ3n) is 5.57. The van der Waals surface area contributed by atoms with Crippen molar-refractivity contribution in [1.29, 1.82) is 0 Å². The summed E-state index contributed by atoms with van der Waals surface area (Å²) in [6.45, 7) is 2.33. The zero-order chi connectivity index (χ0) is 21.8. The average Bonchev–Trinajstić information content (AvgIpc) is 3.19. The summed E-state index contributed by atoms with van der Waals surface area (Å²) in [5.41, 5.74) is 3.51. The maximum absolute atomic E-state index is 13.3. The molecule has 0 radical (unpaired) electrons. The van der Waals surface area contributed by atoms with Crippen molar-refractivity contribution in [2.45, 2.75) is 6.42 Å². The summed E-state index contributed by atoms with van der Waals surface area (Å²) in [5.74, 6) is 0.661. The third kappa shape index (κ3) is 4.45. The molecular weight excluding hydrogens is 404 g/mol. The number of hydrogen-bond donors (Lipinski definition) is 1. The van der Waals surface area contributed by atoms with E-state index in [1.54, 1.807) is 18.5 Å². The van der Waals surface area contributed by atoms with Crippen LogP contribution in [0.2, 0.25) is 0 Å². The van der Waals surface area contributed by atoms with Crippen molar-refractivity contribution in [2.75, 3.05) is 31.6 Å². The number of ether oxygens (including phenoxy) is 1. The highest BCUT2D eigenvalue weighted by atomic mass is 16.5. The lowest BCUT2D eigenvalue weighted by Gasteiger charge is -2.24. The fraction of sp³-hybridized carbons (Fsp3) is 0.250. The fourth-order valence-corrected chi connectivity index (χ4v) is 4.05. The van der Waals surface area contributed by atoms with E-state index in [1.807, 2.05) is 53.8 Å². The molecule has 4 aromatic rings. The van der Waals surface area contributed by atoms with Crippen LogP contribution in [-0.2, 0) is 11.2 Å². The number of nitrogens with zero attached hydrogens (tertiary/aromatic N) is 5. The van der Waals surface area contributed by atoms with E-state index >= 15 is 0 Å². The number of aromatic nitrogens is 4. The highest BCUT2D eigenvalue weighted by Crippen LogP contribution is 2.20. The van der Waals surface area contributed by atoms with Gasteiger partial charge in [-0.2, -0.15) is 0 Å². The average molecular weight is 428 g/mol. The molecule has 5 rings (SSSR count). The molecule has 1 atom stereocenters. The lowest BCUT2D eigenvalue weighted by atomic mass is 10.0. The van der Waals surface area contributed by atoms with Crippen LogP contribution in [0.1, 0.15) is 16.1 Å². The second kappa shape index (κ2) is 9.15. The summed E-state index contributed by atoms with van der Waals surface area (Å²) in [6.07, 6.45) is 9.88. The molecule has 1 aliphatic heterocycles. The van der Waals surface area contributed by atoms with Crippen LogP contribution in [0.25, 0.3) is 5.52 Å². The molecule has 1 N–H and O–H groups in total. The van der Waals surface area contributed by atoms with Crippen LogP contribution < -0.4 is 5.32 Å². The van der Waals surface area contributed by atoms with E-state index in [0.717, 1.165) is 23.3 Å². The summed E-state index contributed by atoms with van der Waals surface area (Å²) >= 11 is 0. The summed E-state index contributed by atoms with van der Waals surface area (Å²) in [7, 11) is 0. The number of rotatable bonds is 5. The zero-order valence-corrected chi connectivity index (χ0v) is 17.6. The molecule has 0 bridgehead atoms. The molecule has 0 spiro atoms. The van der Waals surface area contributed by atoms with Gasteiger partial charge in [-0.25, -0.2) is 9.97 Å². The summed E-state index contributed by atoms with van der Waals surface area (Å²) in [5, 5.41) is 3.14. The van der Waals surface area contributed by atoms with Crippen LogP contribution in [0.15, 0.2) is 73.4 Å². The molecule has 162 valence electrons. The van der Waals surface area contributed by atoms with Crippen molar-refractivity contribution in [3.05, 3.63) is 84.7 Å². The Kier molecular flexibility index (Phi) is 5.76. The Hall–Kier alpha value is -3.78. The van der Waals surface area contributed by atoms with Gasteiger partial charge in [0.05, 0.1) is 24.4 Å². The van der Waals surface area contributed by atoms with Gasteiger partial charge >= 0.3 is 0 Å². The fourth-order valence-electron chi connectivity index (χ4n) is 4.05. The van der Waals surface area contributed by atoms with Crippen molar-refractivity contribution in [3.8, 4) is 0 Å². The lowest BCUT2D eigenvalue weighted by Crippen LogP contribution is -2.36. The number of nitrogens with one attached hydrogen (secondary N) is 1. The standard InChI is InChI=1S/C24H24N6O2/c31-23(19-4-1-5-20(15-19)28-24-26-7-3-8-27-24)30-12-13-32-17-18(16-30)14-21-22-6-2-10-29(22)11-9-25-21/h1-11,15,18H,12-14,16-17H2,(H,26,27,28)/t18-/m1/s1. The first kappa shape index (κ1) is 20.1. The Labute approximate surface area is 185 Å². The Morgan fingerprint density at radius 2 is 1.97 bits per heavy atom. The molecule has 1 aliphatic rings. The van der Waals surface area contributed by atoms with Gasteiger partial charge in [-0.1, -0.05) is 6.07 Å². The van der Waals surface area contributed by atoms with E-state index in [-0.39, 0.29) is 11.8 Å². The smallest absolute Gasteiger partial charge is 0.254 e. The molecule has 1 fully saturated rings. The SMILES string of the molecule is O=C(c1cccc(Nc2ncccn2)c1)N1CCOC[C@H](Cc2nccn3cccc23)C1. The molecule has 0 unspecified atom stereocenters. The normalized spacial score (nSPS) is 16.6. The van der Waals surface area contributed by atoms with E-state index in [1.165, 1.54) is 0 Å². The largest absolute Gasteiger partial charge is 0.379 e. The van der Waals surface area contributed by atoms with Crippen LogP contribution in [0.5, 0.6) is 0 Å². The van der Waals surface area contributed by atoms with E-state index in [4.69, 9.17) is 4.74 Å². The van der Waals surface area contributed by atoms with Crippen molar-refractivity contribution >= 4 is 23.1 Å². The first-order valence-corrected chi connectivity index (χ1v) is 10.7. The molecule has 0 aliphatic carbocycles. The van der Waals surface area contributed by atoms with Gasteiger partial charge in [0, 0.05) is 61.2 Å². The van der Waals surface area contributed by atoms with Crippen LogP contribution in [0.4, 0.5) is 11.6 Å². The first-order chi connectivity index (χ1) is 15.8. The predicted octanol–water partition coefficient (Wildman–Crippen LogP) is 3.20. The minimum Gasteiger partial charge on any atom is -0.379 e. The molecule has 0 saturated carbocycles. The zero-order valence-electron chi connectivity index (χ0n) is 17.6. The van der Waals surface area contributed by atoms with Crippen molar-refractivity contribution in [1.82, 2.24) is 24.3 Å². The molecule has 1 aromatic carbocycles. The molecule has 4 heterocycles. The summed E-state index contributed by atoms with van der Waals surface area (Å²) in [4.78, 5) is 28.1. The molecule has 1 amide bonds. The van der Waals surface area contributed by atoms with Gasteiger partial charge in [0.15, 0.2) is 0 Å².